The maximum Gasteiger partial charge on any atom is 0.389 e. The molecule has 0 spiro atoms. The molecule has 26 heteroatoms. The van der Waals surface area contributed by atoms with Crippen molar-refractivity contribution in [3.05, 3.63) is 116 Å². The molecule has 0 radical (unpaired) electrons. The summed E-state index contributed by atoms with van der Waals surface area (Å²) in [7, 11) is 0. The standard InChI is InChI=1S/C24BF20.C21H42F3OS/c26-5-1(6(27)14(35)21(42)13(5)34)25(2-7(28)15(36)22(43)16(37)8(2)29,3-9(30)17(38)23(44)18(39)10(3)31)4-11(32)19(40)24(45)20(41)12(4)33;1-26(2)25-20-18-16-14-12-10-8-6-4-3-5-7-9-11-13-15-17-19-21(22,23)24/h;3-20H2,1-2H3/q-1;+1. The Morgan fingerprint density at radius 3 is 0.634 bits per heavy atom. The summed E-state index contributed by atoms with van der Waals surface area (Å²) in [6.07, 6.45) is 11.2. The van der Waals surface area contributed by atoms with Crippen molar-refractivity contribution in [1.29, 1.82) is 0 Å². The molecule has 0 N–H and O–H groups in total. The van der Waals surface area contributed by atoms with Crippen LogP contribution < -0.4 is 21.9 Å². The number of hydrogen-bond donors (Lipinski definition) is 0. The maximum absolute atomic E-state index is 15.4. The van der Waals surface area contributed by atoms with Gasteiger partial charge in [0.2, 0.25) is 0 Å². The summed E-state index contributed by atoms with van der Waals surface area (Å²) >= 11 is 0.126. The first kappa shape index (κ1) is 60.9. The predicted octanol–water partition coefficient (Wildman–Crippen LogP) is 13.8. The second kappa shape index (κ2) is 26.6. The van der Waals surface area contributed by atoms with Crippen LogP contribution in [0.15, 0.2) is 0 Å². The van der Waals surface area contributed by atoms with E-state index >= 15 is 35.1 Å². The van der Waals surface area contributed by atoms with Crippen molar-refractivity contribution in [2.45, 2.75) is 115 Å². The van der Waals surface area contributed by atoms with Crippen LogP contribution in [0.25, 0.3) is 0 Å². The zero-order valence-electron chi connectivity index (χ0n) is 37.3. The normalized spacial score (nSPS) is 12.1. The zero-order valence-corrected chi connectivity index (χ0v) is 38.1. The Morgan fingerprint density at radius 2 is 0.451 bits per heavy atom. The monoisotopic (exact) mass is 1080 g/mol. The highest BCUT2D eigenvalue weighted by atomic mass is 32.2. The van der Waals surface area contributed by atoms with E-state index in [1.54, 1.807) is 0 Å². The van der Waals surface area contributed by atoms with Crippen molar-refractivity contribution in [1.82, 2.24) is 0 Å². The molecule has 0 unspecified atom stereocenters. The third kappa shape index (κ3) is 13.8. The second-order valence-electron chi connectivity index (χ2n) is 16.4. The van der Waals surface area contributed by atoms with Crippen LogP contribution in [-0.2, 0) is 15.4 Å². The fourth-order valence-corrected chi connectivity index (χ4v) is 8.45. The van der Waals surface area contributed by atoms with Crippen molar-refractivity contribution in [3.63, 3.8) is 0 Å². The van der Waals surface area contributed by atoms with Crippen molar-refractivity contribution < 1.29 is 105 Å². The molecular formula is C45H42BF23OS. The smallest absolute Gasteiger partial charge is 0.207 e. The van der Waals surface area contributed by atoms with E-state index in [-0.39, 0.29) is 11.2 Å². The zero-order chi connectivity index (χ0) is 53.9. The first-order chi connectivity index (χ1) is 33.1. The van der Waals surface area contributed by atoms with E-state index in [2.05, 4.69) is 12.5 Å². The molecule has 0 heterocycles. The average Bonchev–Trinajstić information content (AvgIpc) is 3.31. The minimum atomic E-state index is -7.22. The Balaban J connectivity index is 0.000000438. The van der Waals surface area contributed by atoms with Gasteiger partial charge in [0, 0.05) is 6.42 Å². The Hall–Kier alpha value is -4.36. The molecule has 4 aromatic rings. The quantitative estimate of drug-likeness (QED) is 0.0180. The van der Waals surface area contributed by atoms with Gasteiger partial charge in [0.25, 0.3) is 0 Å². The van der Waals surface area contributed by atoms with Gasteiger partial charge in [-0.2, -0.15) is 17.4 Å². The molecule has 0 aromatic heterocycles. The van der Waals surface area contributed by atoms with Crippen molar-refractivity contribution in [2.24, 2.45) is 0 Å². The van der Waals surface area contributed by atoms with Crippen LogP contribution in [0.4, 0.5) is 101 Å². The highest BCUT2D eigenvalue weighted by Gasteiger charge is 2.52. The van der Waals surface area contributed by atoms with E-state index in [0.29, 0.717) is 6.42 Å². The third-order valence-corrected chi connectivity index (χ3v) is 12.0. The van der Waals surface area contributed by atoms with E-state index in [4.69, 9.17) is 4.18 Å². The first-order valence-electron chi connectivity index (χ1n) is 21.6. The Morgan fingerprint density at radius 1 is 0.282 bits per heavy atom. The molecule has 1 nitrogen and oxygen atoms in total. The topological polar surface area (TPSA) is 9.23 Å². The van der Waals surface area contributed by atoms with Crippen LogP contribution in [0.2, 0.25) is 0 Å². The molecule has 71 heavy (non-hydrogen) atoms. The molecule has 0 bridgehead atoms. The second-order valence-corrected chi connectivity index (χ2v) is 18.1. The Bertz CT molecular complexity index is 2080. The first-order valence-corrected chi connectivity index (χ1v) is 23.6. The Labute approximate surface area is 394 Å². The Kier molecular flexibility index (Phi) is 22.8. The van der Waals surface area contributed by atoms with Gasteiger partial charge in [-0.1, -0.05) is 89.9 Å². The minimum absolute atomic E-state index is 0.126. The van der Waals surface area contributed by atoms with Gasteiger partial charge in [-0.25, -0.2) is 87.8 Å². The summed E-state index contributed by atoms with van der Waals surface area (Å²) in [6, 6.07) is 0. The summed E-state index contributed by atoms with van der Waals surface area (Å²) in [6.45, 7) is 0.920. The van der Waals surface area contributed by atoms with Crippen LogP contribution >= 0.6 is 0 Å². The molecule has 4 rings (SSSR count). The van der Waals surface area contributed by atoms with Gasteiger partial charge in [0.05, 0.1) is 0 Å². The van der Waals surface area contributed by atoms with Crippen LogP contribution in [0.3, 0.4) is 0 Å². The van der Waals surface area contributed by atoms with E-state index in [0.717, 1.165) is 25.9 Å². The third-order valence-electron chi connectivity index (χ3n) is 11.4. The number of alkyl halides is 3. The van der Waals surface area contributed by atoms with E-state index < -0.39 is 157 Å². The molecule has 0 fully saturated rings. The molecule has 0 saturated heterocycles. The van der Waals surface area contributed by atoms with Gasteiger partial charge in [-0.15, -0.1) is 21.9 Å². The number of halogens is 23. The molecule has 0 aliphatic rings. The van der Waals surface area contributed by atoms with Crippen molar-refractivity contribution >= 4 is 39.2 Å². The maximum atomic E-state index is 15.4. The molecule has 398 valence electrons. The van der Waals surface area contributed by atoms with Crippen molar-refractivity contribution in [3.8, 4) is 0 Å². The summed E-state index contributed by atoms with van der Waals surface area (Å²) in [5.41, 5.74) is -14.3. The fraction of sp³-hybridized carbons (Fsp3) is 0.467. The number of benzene rings is 4. The van der Waals surface area contributed by atoms with Crippen LogP contribution in [-0.4, -0.2) is 31.4 Å². The predicted molar refractivity (Wildman–Crippen MR) is 219 cm³/mol. The number of unbranched alkanes of at least 4 members (excludes halogenated alkanes) is 15. The SMILES string of the molecule is C[S+](C)OCCCCCCCCCCCCCCCCCCC(F)(F)F.Fc1c(F)c(F)c([B-](c2c(F)c(F)c(F)c(F)c2F)(c2c(F)c(F)c(F)c(F)c2F)c2c(F)c(F)c(F)c(F)c2F)c(F)c1F. The lowest BCUT2D eigenvalue weighted by atomic mass is 9.12. The van der Waals surface area contributed by atoms with E-state index in [9.17, 15) is 65.9 Å². The molecule has 0 aliphatic carbocycles. The van der Waals surface area contributed by atoms with Gasteiger partial charge in [0.15, 0.2) is 69.8 Å². The highest BCUT2D eigenvalue weighted by Crippen LogP contribution is 2.31. The van der Waals surface area contributed by atoms with Gasteiger partial charge in [-0.3, -0.25) is 0 Å². The van der Waals surface area contributed by atoms with Gasteiger partial charge in [-0.05, 0) is 12.8 Å². The van der Waals surface area contributed by atoms with Gasteiger partial charge >= 0.3 is 6.18 Å². The molecule has 0 saturated carbocycles. The van der Waals surface area contributed by atoms with Gasteiger partial charge < -0.3 is 0 Å². The molecular weight excluding hydrogens is 1040 g/mol. The molecule has 0 atom stereocenters. The largest absolute Gasteiger partial charge is 0.389 e. The van der Waals surface area contributed by atoms with E-state index in [1.165, 1.54) is 77.0 Å². The van der Waals surface area contributed by atoms with Crippen LogP contribution in [0.1, 0.15) is 109 Å². The molecule has 0 aliphatic heterocycles. The lowest BCUT2D eigenvalue weighted by Crippen LogP contribution is -2.81. The number of hydrogen-bond acceptors (Lipinski definition) is 1. The molecule has 4 aromatic carbocycles. The molecule has 0 amide bonds. The van der Waals surface area contributed by atoms with Crippen LogP contribution in [0.5, 0.6) is 0 Å². The lowest BCUT2D eigenvalue weighted by molar-refractivity contribution is -0.135. The summed E-state index contributed by atoms with van der Waals surface area (Å²) in [5, 5.41) is 0. The van der Waals surface area contributed by atoms with Crippen molar-refractivity contribution in [2.75, 3.05) is 19.1 Å². The summed E-state index contributed by atoms with van der Waals surface area (Å²) in [5.74, 6) is -71.4. The number of rotatable bonds is 23. The summed E-state index contributed by atoms with van der Waals surface area (Å²) < 4.78 is 335. The summed E-state index contributed by atoms with van der Waals surface area (Å²) in [4.78, 5) is 0. The van der Waals surface area contributed by atoms with Gasteiger partial charge in [0.1, 0.15) is 83.0 Å². The van der Waals surface area contributed by atoms with Crippen LogP contribution in [0, 0.1) is 116 Å². The fourth-order valence-electron chi connectivity index (χ4n) is 8.00. The lowest BCUT2D eigenvalue weighted by Gasteiger charge is -2.44. The minimum Gasteiger partial charge on any atom is -0.207 e. The average molecular weight is 1080 g/mol. The highest BCUT2D eigenvalue weighted by molar-refractivity contribution is 7.90. The van der Waals surface area contributed by atoms with E-state index in [1.807, 2.05) is 0 Å².